The summed E-state index contributed by atoms with van der Waals surface area (Å²) in [5.74, 6) is -2.41. The maximum atomic E-state index is 12.3. The second-order valence-corrected chi connectivity index (χ2v) is 19.8. The summed E-state index contributed by atoms with van der Waals surface area (Å²) in [6, 6.07) is 0. The molecule has 7 aliphatic heterocycles. The molecule has 0 spiro atoms. The third-order valence-electron chi connectivity index (χ3n) is 14.4. The molecule has 7 fully saturated rings. The van der Waals surface area contributed by atoms with Gasteiger partial charge in [-0.05, 0) is 6.42 Å². The predicted molar refractivity (Wildman–Crippen MR) is 239 cm³/mol. The van der Waals surface area contributed by atoms with Crippen molar-refractivity contribution in [3.05, 3.63) is 0 Å². The Bertz CT molecular complexity index is 1970. The van der Waals surface area contributed by atoms with Crippen LogP contribution in [0.25, 0.3) is 0 Å². The Kier molecular flexibility index (Phi) is 23.1. The van der Waals surface area contributed by atoms with Gasteiger partial charge in [0, 0.05) is 12.8 Å². The van der Waals surface area contributed by atoms with Crippen LogP contribution in [0.3, 0.4) is 0 Å². The van der Waals surface area contributed by atoms with Crippen LogP contribution in [0, 0.1) is 0 Å². The van der Waals surface area contributed by atoms with Crippen LogP contribution in [0.15, 0.2) is 0 Å². The summed E-state index contributed by atoms with van der Waals surface area (Å²) in [6.45, 7) is -6.40. The smallest absolute Gasteiger partial charge is 0.333 e. The molecule has 36 nitrogen and oxygen atoms in total. The molecule has 30 atom stereocenters. The maximum absolute atomic E-state index is 12.3. The maximum Gasteiger partial charge on any atom is 0.333 e. The minimum atomic E-state index is -2.33. The van der Waals surface area contributed by atoms with Crippen LogP contribution < -0.4 is 0 Å². The topological polar surface area (TPSA) is 559 Å². The fraction of sp³-hybridized carbons (Fsp3) is 0.932. The Morgan fingerprint density at radius 3 is 1.06 bits per heavy atom. The van der Waals surface area contributed by atoms with Gasteiger partial charge >= 0.3 is 5.97 Å². The first kappa shape index (κ1) is 64.9. The standard InChI is InChI=1S/C44H71NO35/c46-6-12-21(55)27(61)29(63)40(70-12)75-35-24(58)15(9-49)71-41(31(35)65)77-36-25(59)16(10-50)73-43(32(36)66)79-38-28(62)22(56)13(7-47)74-44(38)78-37-26(60)17(11-51)72-42(33(37)67)76-34-23(57)14(8-48)69-39(30(34)64)68-5-1-2-20(54)80-45-18(52)3-4-19(45)53/h12-17,21-44,46-51,55-67H,1-11H2/t12?,13?,14?,15?,16?,17?,21-,22-,23-,24-,25-,26-,27+,28+,29?,30?,31?,32?,33?,34+,35+,36+,37+,38?,39+,40-,41-,42-,43-,44-/m1/s1. The molecule has 7 rings (SSSR count). The highest BCUT2D eigenvalue weighted by Gasteiger charge is 2.58. The summed E-state index contributed by atoms with van der Waals surface area (Å²) in [5, 5.41) is 205. The van der Waals surface area contributed by atoms with Crippen LogP contribution in [-0.4, -0.2) is 350 Å². The molecule has 19 N–H and O–H groups in total. The van der Waals surface area contributed by atoms with Gasteiger partial charge in [0.05, 0.1) is 52.7 Å². The first-order valence-electron chi connectivity index (χ1n) is 25.4. The van der Waals surface area contributed by atoms with Crippen LogP contribution in [-0.2, 0) is 76.1 Å². The van der Waals surface area contributed by atoms with Gasteiger partial charge < -0.3 is 159 Å². The highest BCUT2D eigenvalue weighted by Crippen LogP contribution is 2.37. The Morgan fingerprint density at radius 1 is 0.375 bits per heavy atom. The van der Waals surface area contributed by atoms with Crippen molar-refractivity contribution >= 4 is 17.8 Å². The molecule has 0 radical (unpaired) electrons. The van der Waals surface area contributed by atoms with Crippen molar-refractivity contribution in [1.82, 2.24) is 5.06 Å². The lowest BCUT2D eigenvalue weighted by Gasteiger charge is -2.50. The van der Waals surface area contributed by atoms with Gasteiger partial charge in [0.25, 0.3) is 11.8 Å². The number of carbonyl (C=O) groups is 3. The number of aliphatic hydroxyl groups is 19. The molecule has 80 heavy (non-hydrogen) atoms. The SMILES string of the molecule is O=C(CCCO[C@H]1OC(CO)[C@@H](O)[C@H](O[C@H]2OC(CO)[C@@H](O)[C@H](O[C@H]3OC(CO)[C@@H](O)[C@H](O)C3O[C@H]3OC(CO)[C@@H](O)[C@H](O[C@H]4OC(CO)[C@@H](O)[C@H](O[C@H]5OC(CO)[C@@H](O)[C@H](O)C5O)C4O)C3O)C2O)C1O)ON1C(=O)CCC1=O. The molecule has 36 heteroatoms. The summed E-state index contributed by atoms with van der Waals surface area (Å²) in [4.78, 5) is 40.7. The van der Waals surface area contributed by atoms with E-state index in [2.05, 4.69) is 0 Å². The van der Waals surface area contributed by atoms with E-state index in [-0.39, 0.29) is 25.9 Å². The van der Waals surface area contributed by atoms with Gasteiger partial charge in [0.15, 0.2) is 37.7 Å². The zero-order valence-corrected chi connectivity index (χ0v) is 42.1. The summed E-state index contributed by atoms with van der Waals surface area (Å²) < 4.78 is 67.7. The molecule has 7 saturated heterocycles. The lowest BCUT2D eigenvalue weighted by Crippen LogP contribution is -2.68. The highest BCUT2D eigenvalue weighted by atomic mass is 16.8. The second kappa shape index (κ2) is 28.5. The van der Waals surface area contributed by atoms with Gasteiger partial charge in [-0.2, -0.15) is 0 Å². The number of hydroxylamine groups is 2. The van der Waals surface area contributed by atoms with Crippen molar-refractivity contribution in [3.8, 4) is 0 Å². The van der Waals surface area contributed by atoms with Gasteiger partial charge in [0.1, 0.15) is 146 Å². The van der Waals surface area contributed by atoms with Crippen molar-refractivity contribution in [3.63, 3.8) is 0 Å². The largest absolute Gasteiger partial charge is 0.394 e. The van der Waals surface area contributed by atoms with E-state index in [1.165, 1.54) is 0 Å². The molecule has 462 valence electrons. The van der Waals surface area contributed by atoms with Crippen LogP contribution in [0.5, 0.6) is 0 Å². The molecule has 0 aromatic rings. The van der Waals surface area contributed by atoms with E-state index in [1.54, 1.807) is 0 Å². The van der Waals surface area contributed by atoms with Crippen LogP contribution in [0.1, 0.15) is 25.7 Å². The quantitative estimate of drug-likeness (QED) is 0.0353. The van der Waals surface area contributed by atoms with Gasteiger partial charge in [-0.25, -0.2) is 4.79 Å². The monoisotopic (exact) mass is 1170 g/mol. The molecule has 0 aromatic carbocycles. The molecule has 7 aliphatic rings. The van der Waals surface area contributed by atoms with Gasteiger partial charge in [-0.3, -0.25) is 9.59 Å². The first-order valence-corrected chi connectivity index (χ1v) is 25.4. The number of ether oxygens (including phenoxy) is 12. The van der Waals surface area contributed by atoms with Crippen molar-refractivity contribution in [2.45, 2.75) is 210 Å². The van der Waals surface area contributed by atoms with E-state index in [0.29, 0.717) is 5.06 Å². The average Bonchev–Trinajstić information content (AvgIpc) is 3.76. The predicted octanol–water partition coefficient (Wildman–Crippen LogP) is -13.7. The van der Waals surface area contributed by atoms with E-state index >= 15 is 0 Å². The molecule has 2 amide bonds. The number of aliphatic hydroxyl groups excluding tert-OH is 19. The Morgan fingerprint density at radius 2 is 0.675 bits per heavy atom. The van der Waals surface area contributed by atoms with Crippen molar-refractivity contribution in [2.24, 2.45) is 0 Å². The molecular weight excluding hydrogens is 1100 g/mol. The minimum Gasteiger partial charge on any atom is -0.394 e. The van der Waals surface area contributed by atoms with Gasteiger partial charge in [-0.15, -0.1) is 5.06 Å². The molecule has 7 heterocycles. The molecule has 0 aromatic heterocycles. The van der Waals surface area contributed by atoms with E-state index in [4.69, 9.17) is 61.7 Å². The summed E-state index contributed by atoms with van der Waals surface area (Å²) in [5.41, 5.74) is 0. The van der Waals surface area contributed by atoms with E-state index in [9.17, 15) is 111 Å². The third kappa shape index (κ3) is 13.9. The Hall–Kier alpha value is -2.63. The van der Waals surface area contributed by atoms with E-state index in [1.807, 2.05) is 0 Å². The zero-order chi connectivity index (χ0) is 58.6. The molecular formula is C44H71NO35. The summed E-state index contributed by atoms with van der Waals surface area (Å²) in [7, 11) is 0. The van der Waals surface area contributed by atoms with Crippen LogP contribution in [0.4, 0.5) is 0 Å². The average molecular weight is 1170 g/mol. The Labute approximate surface area is 451 Å². The number of carbonyl (C=O) groups excluding carboxylic acids is 3. The summed E-state index contributed by atoms with van der Waals surface area (Å²) >= 11 is 0. The molecule has 0 aliphatic carbocycles. The minimum absolute atomic E-state index is 0.143. The second-order valence-electron chi connectivity index (χ2n) is 19.8. The fourth-order valence-electron chi connectivity index (χ4n) is 9.82. The van der Waals surface area contributed by atoms with Crippen molar-refractivity contribution in [1.29, 1.82) is 0 Å². The fourth-order valence-corrected chi connectivity index (χ4v) is 9.82. The number of nitrogens with zero attached hydrogens (tertiary/aromatic N) is 1. The van der Waals surface area contributed by atoms with Crippen LogP contribution >= 0.6 is 0 Å². The molecule has 12 unspecified atom stereocenters. The number of amides is 2. The Balaban J connectivity index is 1.05. The summed E-state index contributed by atoms with van der Waals surface area (Å²) in [6.07, 6.45) is -60.7. The van der Waals surface area contributed by atoms with E-state index < -0.39 is 248 Å². The van der Waals surface area contributed by atoms with Gasteiger partial charge in [0.2, 0.25) is 0 Å². The van der Waals surface area contributed by atoms with Crippen molar-refractivity contribution in [2.75, 3.05) is 46.2 Å². The van der Waals surface area contributed by atoms with Crippen LogP contribution in [0.2, 0.25) is 0 Å². The highest BCUT2D eigenvalue weighted by molar-refractivity contribution is 6.01. The normalized spacial score (nSPS) is 47.6. The zero-order valence-electron chi connectivity index (χ0n) is 42.1. The third-order valence-corrected chi connectivity index (χ3v) is 14.4. The number of rotatable bonds is 22. The van der Waals surface area contributed by atoms with Gasteiger partial charge in [-0.1, -0.05) is 0 Å². The molecule has 0 bridgehead atoms. The van der Waals surface area contributed by atoms with E-state index in [0.717, 1.165) is 0 Å². The van der Waals surface area contributed by atoms with Crippen molar-refractivity contribution < 1.29 is 173 Å². The number of imide groups is 1. The lowest BCUT2D eigenvalue weighted by atomic mass is 9.95. The first-order chi connectivity index (χ1) is 38.0. The lowest BCUT2D eigenvalue weighted by molar-refractivity contribution is -0.404. The number of hydrogen-bond donors (Lipinski definition) is 19. The number of hydrogen-bond acceptors (Lipinski definition) is 35. The molecule has 0 saturated carbocycles.